The van der Waals surface area contributed by atoms with Crippen molar-refractivity contribution in [1.29, 1.82) is 0 Å². The maximum atomic E-state index is 13.2. The lowest BCUT2D eigenvalue weighted by Crippen LogP contribution is -2.56. The van der Waals surface area contributed by atoms with E-state index in [1.807, 2.05) is 4.90 Å². The Morgan fingerprint density at radius 2 is 1.71 bits per heavy atom. The van der Waals surface area contributed by atoms with Crippen molar-refractivity contribution in [2.75, 3.05) is 19.6 Å². The molecule has 0 bridgehead atoms. The second-order valence-electron chi connectivity index (χ2n) is 8.33. The summed E-state index contributed by atoms with van der Waals surface area (Å²) in [5.41, 5.74) is 0.494. The van der Waals surface area contributed by atoms with Crippen molar-refractivity contribution in [3.63, 3.8) is 0 Å². The van der Waals surface area contributed by atoms with Gasteiger partial charge in [-0.1, -0.05) is 31.0 Å². The molecule has 1 saturated carbocycles. The number of amides is 3. The fourth-order valence-corrected chi connectivity index (χ4v) is 5.70. The summed E-state index contributed by atoms with van der Waals surface area (Å²) in [5.74, 6) is -0.438. The maximum Gasteiger partial charge on any atom is 0.323 e. The molecular formula is C22H28ClFN4O2S. The molecule has 9 heteroatoms. The van der Waals surface area contributed by atoms with Crippen LogP contribution in [0.2, 0.25) is 0 Å². The number of likely N-dealkylation sites (tertiary alicyclic amines) is 1. The molecule has 1 aromatic rings. The van der Waals surface area contributed by atoms with Gasteiger partial charge in [0.15, 0.2) is 5.17 Å². The van der Waals surface area contributed by atoms with E-state index < -0.39 is 0 Å². The third-order valence-electron chi connectivity index (χ3n) is 6.27. The summed E-state index contributed by atoms with van der Waals surface area (Å²) in [6.45, 7) is 1.67. The molecule has 31 heavy (non-hydrogen) atoms. The van der Waals surface area contributed by atoms with E-state index in [9.17, 15) is 14.0 Å². The topological polar surface area (TPSA) is 65.0 Å². The predicted molar refractivity (Wildman–Crippen MR) is 122 cm³/mol. The lowest BCUT2D eigenvalue weighted by atomic mass is 9.91. The number of alkyl halides is 1. The second-order valence-corrected chi connectivity index (χ2v) is 10.3. The van der Waals surface area contributed by atoms with E-state index in [2.05, 4.69) is 10.3 Å². The molecular weight excluding hydrogens is 439 g/mol. The minimum absolute atomic E-state index is 0.0826. The van der Waals surface area contributed by atoms with Crippen LogP contribution in [0, 0.1) is 5.82 Å². The standard InChI is InChI=1S/C22H28ClFN4O2S/c23-19-14-25-21(31-19)26-22(30)28(17-4-2-1-3-5-17)18-10-12-27(13-11-18)20(29)15-6-8-16(24)9-7-15/h6-9,17-19H,1-5,10-14H2,(H,25,26,30). The molecule has 1 unspecified atom stereocenters. The summed E-state index contributed by atoms with van der Waals surface area (Å²) < 4.78 is 13.0. The summed E-state index contributed by atoms with van der Waals surface area (Å²) >= 11 is 7.48. The summed E-state index contributed by atoms with van der Waals surface area (Å²) in [6, 6.07) is 5.86. The van der Waals surface area contributed by atoms with Crippen molar-refractivity contribution in [1.82, 2.24) is 15.1 Å². The highest BCUT2D eigenvalue weighted by atomic mass is 35.5. The Labute approximate surface area is 191 Å². The number of benzene rings is 1. The third kappa shape index (κ3) is 5.52. The first kappa shape index (κ1) is 22.4. The number of hydrogen-bond acceptors (Lipinski definition) is 4. The predicted octanol–water partition coefficient (Wildman–Crippen LogP) is 4.44. The molecule has 168 valence electrons. The molecule has 6 nitrogen and oxygen atoms in total. The molecule has 2 fully saturated rings. The van der Waals surface area contributed by atoms with E-state index in [-0.39, 0.29) is 34.5 Å². The Kier molecular flexibility index (Phi) is 7.38. The van der Waals surface area contributed by atoms with E-state index in [1.54, 1.807) is 4.90 Å². The van der Waals surface area contributed by atoms with Gasteiger partial charge in [0.2, 0.25) is 0 Å². The summed E-state index contributed by atoms with van der Waals surface area (Å²) in [7, 11) is 0. The van der Waals surface area contributed by atoms with Crippen LogP contribution in [0.3, 0.4) is 0 Å². The van der Waals surface area contributed by atoms with E-state index >= 15 is 0 Å². The number of hydrogen-bond donors (Lipinski definition) is 1. The highest BCUT2D eigenvalue weighted by molar-refractivity contribution is 8.15. The highest BCUT2D eigenvalue weighted by Gasteiger charge is 2.35. The Morgan fingerprint density at radius 1 is 1.06 bits per heavy atom. The van der Waals surface area contributed by atoms with Crippen molar-refractivity contribution in [2.45, 2.75) is 61.7 Å². The Balaban J connectivity index is 1.41. The maximum absolute atomic E-state index is 13.2. The molecule has 3 amide bonds. The van der Waals surface area contributed by atoms with Crippen LogP contribution in [0.5, 0.6) is 0 Å². The van der Waals surface area contributed by atoms with Gasteiger partial charge in [-0.15, -0.1) is 11.6 Å². The van der Waals surface area contributed by atoms with Gasteiger partial charge in [0.05, 0.1) is 6.54 Å². The second kappa shape index (κ2) is 10.2. The molecule has 0 aromatic heterocycles. The first-order valence-corrected chi connectivity index (χ1v) is 12.3. The van der Waals surface area contributed by atoms with Gasteiger partial charge in [-0.05, 0) is 49.9 Å². The van der Waals surface area contributed by atoms with Crippen LogP contribution in [-0.4, -0.2) is 63.3 Å². The first-order valence-electron chi connectivity index (χ1n) is 11.0. The number of amidine groups is 1. The van der Waals surface area contributed by atoms with Gasteiger partial charge in [-0.25, -0.2) is 9.18 Å². The van der Waals surface area contributed by atoms with Crippen LogP contribution in [-0.2, 0) is 0 Å². The van der Waals surface area contributed by atoms with Crippen molar-refractivity contribution >= 4 is 40.5 Å². The van der Waals surface area contributed by atoms with Gasteiger partial charge in [0, 0.05) is 30.7 Å². The Hall–Kier alpha value is -1.80. The first-order chi connectivity index (χ1) is 15.0. The Morgan fingerprint density at radius 3 is 2.32 bits per heavy atom. The van der Waals surface area contributed by atoms with Crippen molar-refractivity contribution in [2.24, 2.45) is 4.99 Å². The van der Waals surface area contributed by atoms with Crippen molar-refractivity contribution in [3.05, 3.63) is 35.6 Å². The number of piperidine rings is 1. The average Bonchev–Trinajstić information content (AvgIpc) is 3.19. The summed E-state index contributed by atoms with van der Waals surface area (Å²) in [5, 5.41) is 3.56. The van der Waals surface area contributed by atoms with Crippen LogP contribution in [0.1, 0.15) is 55.3 Å². The third-order valence-corrected chi connectivity index (χ3v) is 7.54. The highest BCUT2D eigenvalue weighted by Crippen LogP contribution is 2.29. The molecule has 1 N–H and O–H groups in total. The average molecular weight is 467 g/mol. The monoisotopic (exact) mass is 466 g/mol. The van der Waals surface area contributed by atoms with Crippen LogP contribution in [0.4, 0.5) is 9.18 Å². The number of carbonyl (C=O) groups excluding carboxylic acids is 2. The lowest BCUT2D eigenvalue weighted by Gasteiger charge is -2.43. The minimum Gasteiger partial charge on any atom is -0.338 e. The van der Waals surface area contributed by atoms with Crippen LogP contribution < -0.4 is 5.32 Å². The van der Waals surface area contributed by atoms with E-state index in [0.717, 1.165) is 38.5 Å². The van der Waals surface area contributed by atoms with Crippen LogP contribution >= 0.6 is 23.4 Å². The molecule has 4 rings (SSSR count). The van der Waals surface area contributed by atoms with E-state index in [1.165, 1.54) is 42.4 Å². The fraction of sp³-hybridized carbons (Fsp3) is 0.591. The lowest BCUT2D eigenvalue weighted by molar-refractivity contribution is 0.0584. The zero-order valence-corrected chi connectivity index (χ0v) is 19.0. The fourth-order valence-electron chi connectivity index (χ4n) is 4.69. The number of urea groups is 1. The van der Waals surface area contributed by atoms with E-state index in [4.69, 9.17) is 11.6 Å². The number of rotatable bonds is 3. The molecule has 1 aromatic carbocycles. The molecule has 1 aliphatic carbocycles. The van der Waals surface area contributed by atoms with Crippen molar-refractivity contribution < 1.29 is 14.0 Å². The smallest absolute Gasteiger partial charge is 0.323 e. The minimum atomic E-state index is -0.352. The van der Waals surface area contributed by atoms with Gasteiger partial charge in [-0.3, -0.25) is 15.1 Å². The summed E-state index contributed by atoms with van der Waals surface area (Å²) in [4.78, 5) is 34.1. The molecule has 0 radical (unpaired) electrons. The van der Waals surface area contributed by atoms with Crippen molar-refractivity contribution in [3.8, 4) is 0 Å². The normalized spacial score (nSPS) is 22.8. The molecule has 0 spiro atoms. The quantitative estimate of drug-likeness (QED) is 0.669. The number of nitrogens with zero attached hydrogens (tertiary/aromatic N) is 3. The number of carbonyl (C=O) groups is 2. The molecule has 1 atom stereocenters. The van der Waals surface area contributed by atoms with Gasteiger partial charge in [-0.2, -0.15) is 0 Å². The Bertz CT molecular complexity index is 823. The van der Waals surface area contributed by atoms with Crippen LogP contribution in [0.15, 0.2) is 29.3 Å². The SMILES string of the molecule is O=C(c1ccc(F)cc1)N1CCC(N(C(=O)NC2=NCC(Cl)S2)C2CCCCC2)CC1. The zero-order chi connectivity index (χ0) is 21.8. The zero-order valence-electron chi connectivity index (χ0n) is 17.4. The van der Waals surface area contributed by atoms with Gasteiger partial charge < -0.3 is 9.80 Å². The van der Waals surface area contributed by atoms with Crippen LogP contribution in [0.25, 0.3) is 0 Å². The molecule has 2 heterocycles. The number of nitrogens with one attached hydrogen (secondary N) is 1. The number of aliphatic imine (C=N–C) groups is 1. The molecule has 3 aliphatic rings. The van der Waals surface area contributed by atoms with Gasteiger partial charge >= 0.3 is 6.03 Å². The van der Waals surface area contributed by atoms with E-state index in [0.29, 0.717) is 30.4 Å². The van der Waals surface area contributed by atoms with Gasteiger partial charge in [0.1, 0.15) is 10.5 Å². The number of thioether (sulfide) groups is 1. The van der Waals surface area contributed by atoms with Gasteiger partial charge in [0.25, 0.3) is 5.91 Å². The summed E-state index contributed by atoms with van der Waals surface area (Å²) in [6.07, 6.45) is 6.97. The molecule has 1 saturated heterocycles. The number of halogens is 2. The molecule has 2 aliphatic heterocycles. The largest absolute Gasteiger partial charge is 0.338 e.